The van der Waals surface area contributed by atoms with Gasteiger partial charge in [-0.05, 0) is 31.9 Å². The Kier molecular flexibility index (Phi) is 4.61. The van der Waals surface area contributed by atoms with Gasteiger partial charge in [0.25, 0.3) is 0 Å². The fraction of sp³-hybridized carbons (Fsp3) is 0.308. The Morgan fingerprint density at radius 2 is 2.20 bits per heavy atom. The lowest BCUT2D eigenvalue weighted by atomic mass is 10.1. The summed E-state index contributed by atoms with van der Waals surface area (Å²) in [5, 5.41) is 0. The number of allylic oxidation sites excluding steroid dienone is 1. The number of Topliss-reactive ketones (excluding diaryl/α,β-unsaturated/α-hetero) is 1. The molecule has 80 valence electrons. The first kappa shape index (κ1) is 11.5. The molecule has 1 aromatic carbocycles. The van der Waals surface area contributed by atoms with Crippen molar-refractivity contribution in [1.29, 1.82) is 0 Å². The van der Waals surface area contributed by atoms with Crippen LogP contribution in [0.4, 0.5) is 0 Å². The van der Waals surface area contributed by atoms with Crippen LogP contribution in [0.15, 0.2) is 36.9 Å². The summed E-state index contributed by atoms with van der Waals surface area (Å²) < 4.78 is 5.53. The fourth-order valence-corrected chi connectivity index (χ4v) is 1.29. The van der Waals surface area contributed by atoms with Crippen LogP contribution in [0.2, 0.25) is 0 Å². The summed E-state index contributed by atoms with van der Waals surface area (Å²) in [5.41, 5.74) is 0.649. The maximum atomic E-state index is 11.3. The molecule has 0 saturated carbocycles. The molecule has 0 radical (unpaired) electrons. The van der Waals surface area contributed by atoms with Crippen LogP contribution >= 0.6 is 0 Å². The summed E-state index contributed by atoms with van der Waals surface area (Å²) in [6, 6.07) is 7.32. The van der Waals surface area contributed by atoms with E-state index in [2.05, 4.69) is 6.58 Å². The Morgan fingerprint density at radius 3 is 2.87 bits per heavy atom. The van der Waals surface area contributed by atoms with Gasteiger partial charge < -0.3 is 4.74 Å². The van der Waals surface area contributed by atoms with E-state index in [1.54, 1.807) is 13.0 Å². The highest BCUT2D eigenvalue weighted by Gasteiger charge is 2.06. The topological polar surface area (TPSA) is 26.3 Å². The summed E-state index contributed by atoms with van der Waals surface area (Å²) in [5.74, 6) is 0.711. The molecule has 15 heavy (non-hydrogen) atoms. The summed E-state index contributed by atoms with van der Waals surface area (Å²) >= 11 is 0. The summed E-state index contributed by atoms with van der Waals surface area (Å²) in [4.78, 5) is 11.3. The first-order valence-electron chi connectivity index (χ1n) is 5.09. The molecule has 1 rings (SSSR count). The van der Waals surface area contributed by atoms with Gasteiger partial charge >= 0.3 is 0 Å². The number of hydrogen-bond acceptors (Lipinski definition) is 2. The third kappa shape index (κ3) is 3.58. The highest BCUT2D eigenvalue weighted by atomic mass is 16.5. The zero-order valence-electron chi connectivity index (χ0n) is 9.03. The molecule has 0 aliphatic heterocycles. The Balaban J connectivity index is 2.59. The molecule has 0 unspecified atom stereocenters. The number of benzene rings is 1. The molecule has 2 heteroatoms. The minimum atomic E-state index is 0.0364. The van der Waals surface area contributed by atoms with Crippen LogP contribution in [0.5, 0.6) is 5.75 Å². The van der Waals surface area contributed by atoms with Gasteiger partial charge in [0.1, 0.15) is 5.75 Å². The molecule has 1 aromatic rings. The van der Waals surface area contributed by atoms with Crippen LogP contribution in [0.1, 0.15) is 30.1 Å². The van der Waals surface area contributed by atoms with Crippen molar-refractivity contribution in [1.82, 2.24) is 0 Å². The quantitative estimate of drug-likeness (QED) is 0.404. The molecule has 0 spiro atoms. The van der Waals surface area contributed by atoms with Crippen LogP contribution in [-0.4, -0.2) is 12.4 Å². The van der Waals surface area contributed by atoms with E-state index in [1.807, 2.05) is 24.3 Å². The molecule has 0 bridgehead atoms. The van der Waals surface area contributed by atoms with E-state index in [0.717, 1.165) is 12.8 Å². The first-order valence-corrected chi connectivity index (χ1v) is 5.09. The number of hydrogen-bond donors (Lipinski definition) is 0. The smallest absolute Gasteiger partial charge is 0.163 e. The van der Waals surface area contributed by atoms with Gasteiger partial charge in [0.05, 0.1) is 12.2 Å². The van der Waals surface area contributed by atoms with E-state index >= 15 is 0 Å². The number of carbonyl (C=O) groups excluding carboxylic acids is 1. The number of carbonyl (C=O) groups is 1. The van der Waals surface area contributed by atoms with Gasteiger partial charge in [-0.2, -0.15) is 0 Å². The van der Waals surface area contributed by atoms with Crippen molar-refractivity contribution in [3.63, 3.8) is 0 Å². The van der Waals surface area contributed by atoms with E-state index in [-0.39, 0.29) is 5.78 Å². The van der Waals surface area contributed by atoms with Gasteiger partial charge in [0.2, 0.25) is 0 Å². The van der Waals surface area contributed by atoms with Crippen LogP contribution in [0.25, 0.3) is 0 Å². The van der Waals surface area contributed by atoms with Gasteiger partial charge in [-0.15, -0.1) is 6.58 Å². The fourth-order valence-electron chi connectivity index (χ4n) is 1.29. The second kappa shape index (κ2) is 6.02. The van der Waals surface area contributed by atoms with Crippen molar-refractivity contribution >= 4 is 5.78 Å². The molecular formula is C13H16O2. The van der Waals surface area contributed by atoms with E-state index in [0.29, 0.717) is 17.9 Å². The average molecular weight is 204 g/mol. The Morgan fingerprint density at radius 1 is 1.47 bits per heavy atom. The lowest BCUT2D eigenvalue weighted by Crippen LogP contribution is -2.02. The molecule has 0 aliphatic rings. The lowest BCUT2D eigenvalue weighted by molar-refractivity contribution is 0.101. The number of ketones is 1. The third-order valence-corrected chi connectivity index (χ3v) is 2.08. The first-order chi connectivity index (χ1) is 7.25. The Bertz CT molecular complexity index is 342. The number of para-hydroxylation sites is 1. The number of rotatable bonds is 6. The monoisotopic (exact) mass is 204 g/mol. The van der Waals surface area contributed by atoms with Crippen LogP contribution in [0.3, 0.4) is 0 Å². The maximum Gasteiger partial charge on any atom is 0.163 e. The minimum absolute atomic E-state index is 0.0364. The molecule has 0 heterocycles. The normalized spacial score (nSPS) is 9.67. The zero-order chi connectivity index (χ0) is 11.1. The number of ether oxygens (including phenoxy) is 1. The molecule has 0 fully saturated rings. The van der Waals surface area contributed by atoms with Crippen LogP contribution in [-0.2, 0) is 0 Å². The van der Waals surface area contributed by atoms with Gasteiger partial charge in [0, 0.05) is 0 Å². The van der Waals surface area contributed by atoms with E-state index in [4.69, 9.17) is 4.74 Å². The van der Waals surface area contributed by atoms with Gasteiger partial charge in [-0.3, -0.25) is 4.79 Å². The molecule has 0 saturated heterocycles. The van der Waals surface area contributed by atoms with Crippen molar-refractivity contribution in [3.8, 4) is 5.75 Å². The third-order valence-electron chi connectivity index (χ3n) is 2.08. The molecule has 0 N–H and O–H groups in total. The standard InChI is InChI=1S/C13H16O2/c1-3-4-7-10-15-13-9-6-5-8-12(13)11(2)14/h3,5-6,8-9H,1,4,7,10H2,2H3. The van der Waals surface area contributed by atoms with Crippen LogP contribution in [0, 0.1) is 0 Å². The second-order valence-electron chi connectivity index (χ2n) is 3.33. The molecule has 2 nitrogen and oxygen atoms in total. The van der Waals surface area contributed by atoms with E-state index < -0.39 is 0 Å². The SMILES string of the molecule is C=CCCCOc1ccccc1C(C)=O. The molecular weight excluding hydrogens is 188 g/mol. The predicted molar refractivity (Wildman–Crippen MR) is 61.4 cm³/mol. The van der Waals surface area contributed by atoms with Gasteiger partial charge in [-0.1, -0.05) is 18.2 Å². The van der Waals surface area contributed by atoms with E-state index in [1.165, 1.54) is 0 Å². The molecule has 0 aromatic heterocycles. The van der Waals surface area contributed by atoms with Gasteiger partial charge in [-0.25, -0.2) is 0 Å². The highest BCUT2D eigenvalue weighted by Crippen LogP contribution is 2.18. The van der Waals surface area contributed by atoms with Crippen LogP contribution < -0.4 is 4.74 Å². The van der Waals surface area contributed by atoms with Crippen molar-refractivity contribution in [2.24, 2.45) is 0 Å². The molecule has 0 aliphatic carbocycles. The summed E-state index contributed by atoms with van der Waals surface area (Å²) in [6.07, 6.45) is 3.72. The molecule has 0 amide bonds. The highest BCUT2D eigenvalue weighted by molar-refractivity contribution is 5.96. The zero-order valence-corrected chi connectivity index (χ0v) is 9.03. The molecule has 0 atom stereocenters. The van der Waals surface area contributed by atoms with Crippen molar-refractivity contribution < 1.29 is 9.53 Å². The number of unbranched alkanes of at least 4 members (excludes halogenated alkanes) is 1. The van der Waals surface area contributed by atoms with Crippen molar-refractivity contribution in [2.45, 2.75) is 19.8 Å². The van der Waals surface area contributed by atoms with Gasteiger partial charge in [0.15, 0.2) is 5.78 Å². The summed E-state index contributed by atoms with van der Waals surface area (Å²) in [6.45, 7) is 5.81. The summed E-state index contributed by atoms with van der Waals surface area (Å²) in [7, 11) is 0. The van der Waals surface area contributed by atoms with Crippen molar-refractivity contribution in [3.05, 3.63) is 42.5 Å². The second-order valence-corrected chi connectivity index (χ2v) is 3.33. The predicted octanol–water partition coefficient (Wildman–Crippen LogP) is 3.23. The van der Waals surface area contributed by atoms with E-state index in [9.17, 15) is 4.79 Å². The average Bonchev–Trinajstić information content (AvgIpc) is 2.25. The lowest BCUT2D eigenvalue weighted by Gasteiger charge is -2.08. The Labute approximate surface area is 90.6 Å². The largest absolute Gasteiger partial charge is 0.493 e. The maximum absolute atomic E-state index is 11.3. The minimum Gasteiger partial charge on any atom is -0.493 e. The Hall–Kier alpha value is -1.57. The van der Waals surface area contributed by atoms with Crippen molar-refractivity contribution in [2.75, 3.05) is 6.61 Å².